The molecule has 0 bridgehead atoms. The molecule has 5 nitrogen and oxygen atoms in total. The monoisotopic (exact) mass is 208 g/mol. The molecule has 0 rings (SSSR count). The van der Waals surface area contributed by atoms with E-state index in [1.807, 2.05) is 6.92 Å². The van der Waals surface area contributed by atoms with Crippen LogP contribution in [-0.2, 0) is 10.1 Å². The second-order valence-electron chi connectivity index (χ2n) is 3.38. The van der Waals surface area contributed by atoms with Gasteiger partial charge >= 0.3 is 0 Å². The molecule has 0 aromatic carbocycles. The lowest BCUT2D eigenvalue weighted by molar-refractivity contribution is 0.377. The molecule has 0 fully saturated rings. The first-order chi connectivity index (χ1) is 5.77. The van der Waals surface area contributed by atoms with Crippen molar-refractivity contribution in [3.63, 3.8) is 0 Å². The lowest BCUT2D eigenvalue weighted by atomic mass is 10.1. The van der Waals surface area contributed by atoms with Crippen molar-refractivity contribution in [3.05, 3.63) is 12.3 Å². The van der Waals surface area contributed by atoms with Gasteiger partial charge in [0.15, 0.2) is 0 Å². The van der Waals surface area contributed by atoms with E-state index in [0.29, 0.717) is 0 Å². The van der Waals surface area contributed by atoms with Gasteiger partial charge in [-0.3, -0.25) is 4.55 Å². The smallest absolute Gasteiger partial charge is 0.266 e. The summed E-state index contributed by atoms with van der Waals surface area (Å²) in [4.78, 5) is 0. The Labute approximate surface area is 78.9 Å². The van der Waals surface area contributed by atoms with Gasteiger partial charge in [-0.15, -0.1) is 0 Å². The normalized spacial score (nSPS) is 13.5. The van der Waals surface area contributed by atoms with Crippen LogP contribution in [0.4, 0.5) is 0 Å². The molecule has 0 amide bonds. The van der Waals surface area contributed by atoms with E-state index in [1.54, 1.807) is 26.1 Å². The molecular weight excluding hydrogens is 192 g/mol. The zero-order chi connectivity index (χ0) is 10.5. The van der Waals surface area contributed by atoms with Crippen LogP contribution >= 0.6 is 0 Å². The summed E-state index contributed by atoms with van der Waals surface area (Å²) in [5, 5.41) is 0. The predicted molar refractivity (Wildman–Crippen MR) is 51.6 cm³/mol. The molecule has 0 aliphatic carbocycles. The van der Waals surface area contributed by atoms with Gasteiger partial charge in [-0.1, -0.05) is 6.08 Å². The summed E-state index contributed by atoms with van der Waals surface area (Å²) in [5.41, 5.74) is 4.72. The molecule has 78 valence electrons. The highest BCUT2D eigenvalue weighted by atomic mass is 32.2. The van der Waals surface area contributed by atoms with Gasteiger partial charge in [-0.2, -0.15) is 8.42 Å². The summed E-state index contributed by atoms with van der Waals surface area (Å²) in [6.07, 6.45) is 3.39. The van der Waals surface area contributed by atoms with Crippen LogP contribution in [0.25, 0.3) is 0 Å². The average molecular weight is 208 g/mol. The zero-order valence-corrected chi connectivity index (χ0v) is 8.85. The van der Waals surface area contributed by atoms with Crippen molar-refractivity contribution in [2.45, 2.75) is 26.3 Å². The molecular formula is C7H16N2O3S. The van der Waals surface area contributed by atoms with E-state index in [9.17, 15) is 8.42 Å². The summed E-state index contributed by atoms with van der Waals surface area (Å²) < 4.78 is 29.7. The standard InChI is InChI=1S/C7H16N2O3S/c1-4-5-8-9-7(2,3)6-13(10,11)12/h4-5,8-9H,6H2,1-3H3,(H,10,11,12). The summed E-state index contributed by atoms with van der Waals surface area (Å²) in [6, 6.07) is 0. The third kappa shape index (κ3) is 7.76. The van der Waals surface area contributed by atoms with Gasteiger partial charge in [-0.05, 0) is 20.8 Å². The fourth-order valence-electron chi connectivity index (χ4n) is 0.812. The van der Waals surface area contributed by atoms with Crippen LogP contribution in [0.3, 0.4) is 0 Å². The van der Waals surface area contributed by atoms with E-state index in [1.165, 1.54) is 0 Å². The number of allylic oxidation sites excluding steroid dienone is 1. The molecule has 0 atom stereocenters. The third-order valence-electron chi connectivity index (χ3n) is 1.20. The first kappa shape index (κ1) is 12.4. The van der Waals surface area contributed by atoms with E-state index in [0.717, 1.165) is 0 Å². The van der Waals surface area contributed by atoms with Crippen molar-refractivity contribution in [1.29, 1.82) is 0 Å². The summed E-state index contributed by atoms with van der Waals surface area (Å²) in [6.45, 7) is 5.15. The van der Waals surface area contributed by atoms with Gasteiger partial charge in [0.05, 0.1) is 5.75 Å². The second-order valence-corrected chi connectivity index (χ2v) is 4.83. The second kappa shape index (κ2) is 4.59. The average Bonchev–Trinajstić information content (AvgIpc) is 1.81. The number of rotatable bonds is 5. The van der Waals surface area contributed by atoms with Crippen molar-refractivity contribution in [3.8, 4) is 0 Å². The van der Waals surface area contributed by atoms with Gasteiger partial charge in [0, 0.05) is 11.7 Å². The summed E-state index contributed by atoms with van der Waals surface area (Å²) in [7, 11) is -3.95. The van der Waals surface area contributed by atoms with Crippen LogP contribution in [-0.4, -0.2) is 24.3 Å². The van der Waals surface area contributed by atoms with Gasteiger partial charge < -0.3 is 5.43 Å². The van der Waals surface area contributed by atoms with Gasteiger partial charge in [0.2, 0.25) is 0 Å². The molecule has 6 heteroatoms. The quantitative estimate of drug-likeness (QED) is 0.447. The van der Waals surface area contributed by atoms with Crippen molar-refractivity contribution in [1.82, 2.24) is 10.9 Å². The van der Waals surface area contributed by atoms with Crippen molar-refractivity contribution < 1.29 is 13.0 Å². The molecule has 0 aromatic heterocycles. The molecule has 0 saturated heterocycles. The largest absolute Gasteiger partial charge is 0.329 e. The predicted octanol–water partition coefficient (Wildman–Crippen LogP) is 0.281. The van der Waals surface area contributed by atoms with Crippen LogP contribution in [0.2, 0.25) is 0 Å². The van der Waals surface area contributed by atoms with Crippen molar-refractivity contribution >= 4 is 10.1 Å². The molecule has 0 aliphatic heterocycles. The Kier molecular flexibility index (Phi) is 4.38. The minimum absolute atomic E-state index is 0.343. The van der Waals surface area contributed by atoms with Crippen LogP contribution < -0.4 is 10.9 Å². The van der Waals surface area contributed by atoms with E-state index in [2.05, 4.69) is 10.9 Å². The van der Waals surface area contributed by atoms with E-state index < -0.39 is 15.7 Å². The van der Waals surface area contributed by atoms with Crippen LogP contribution in [0.15, 0.2) is 12.3 Å². The lowest BCUT2D eigenvalue weighted by Crippen LogP contribution is -2.50. The Hall–Kier alpha value is -0.590. The molecule has 0 heterocycles. The molecule has 0 aliphatic rings. The maximum atomic E-state index is 10.5. The van der Waals surface area contributed by atoms with Gasteiger partial charge in [0.1, 0.15) is 0 Å². The number of hydrazine groups is 1. The van der Waals surface area contributed by atoms with Crippen LogP contribution in [0.1, 0.15) is 20.8 Å². The highest BCUT2D eigenvalue weighted by molar-refractivity contribution is 7.85. The maximum absolute atomic E-state index is 10.5. The fraction of sp³-hybridized carbons (Fsp3) is 0.714. The Morgan fingerprint density at radius 1 is 1.46 bits per heavy atom. The molecule has 0 saturated carbocycles. The maximum Gasteiger partial charge on any atom is 0.266 e. The van der Waals surface area contributed by atoms with Crippen LogP contribution in [0.5, 0.6) is 0 Å². The highest BCUT2D eigenvalue weighted by Gasteiger charge is 2.23. The molecule has 3 N–H and O–H groups in total. The fourth-order valence-corrected chi connectivity index (χ4v) is 1.80. The number of nitrogens with one attached hydrogen (secondary N) is 2. The zero-order valence-electron chi connectivity index (χ0n) is 8.03. The third-order valence-corrected chi connectivity index (χ3v) is 2.29. The van der Waals surface area contributed by atoms with E-state index in [-0.39, 0.29) is 5.75 Å². The molecule has 0 unspecified atom stereocenters. The minimum atomic E-state index is -3.95. The Morgan fingerprint density at radius 2 is 2.00 bits per heavy atom. The topological polar surface area (TPSA) is 78.4 Å². The first-order valence-electron chi connectivity index (χ1n) is 3.86. The number of hydrogen-bond donors (Lipinski definition) is 3. The van der Waals surface area contributed by atoms with Gasteiger partial charge in [0.25, 0.3) is 10.1 Å². The Balaban J connectivity index is 4.09. The van der Waals surface area contributed by atoms with E-state index >= 15 is 0 Å². The lowest BCUT2D eigenvalue weighted by Gasteiger charge is -2.24. The number of hydrogen-bond acceptors (Lipinski definition) is 4. The van der Waals surface area contributed by atoms with Gasteiger partial charge in [-0.25, -0.2) is 5.43 Å². The molecule has 13 heavy (non-hydrogen) atoms. The Morgan fingerprint density at radius 3 is 2.38 bits per heavy atom. The minimum Gasteiger partial charge on any atom is -0.329 e. The first-order valence-corrected chi connectivity index (χ1v) is 5.47. The summed E-state index contributed by atoms with van der Waals surface area (Å²) >= 11 is 0. The highest BCUT2D eigenvalue weighted by Crippen LogP contribution is 2.03. The van der Waals surface area contributed by atoms with Crippen LogP contribution in [0, 0.1) is 0 Å². The Bertz CT molecular complexity index is 269. The molecule has 0 radical (unpaired) electrons. The molecule has 0 spiro atoms. The van der Waals surface area contributed by atoms with Crippen molar-refractivity contribution in [2.75, 3.05) is 5.75 Å². The molecule has 0 aromatic rings. The SMILES string of the molecule is CC=CNNC(C)(C)CS(=O)(=O)O. The van der Waals surface area contributed by atoms with Crippen molar-refractivity contribution in [2.24, 2.45) is 0 Å². The van der Waals surface area contributed by atoms with E-state index in [4.69, 9.17) is 4.55 Å². The summed E-state index contributed by atoms with van der Waals surface area (Å²) in [5.74, 6) is -0.343.